The number of carboxylic acids is 1. The number of carboxylic acid groups (broad SMARTS) is 1. The van der Waals surface area contributed by atoms with Gasteiger partial charge in [-0.15, -0.1) is 0 Å². The van der Waals surface area contributed by atoms with Gasteiger partial charge in [-0.3, -0.25) is 0 Å². The van der Waals surface area contributed by atoms with Crippen molar-refractivity contribution in [2.75, 3.05) is 11.9 Å². The summed E-state index contributed by atoms with van der Waals surface area (Å²) in [5.74, 6) is -1.41. The number of halogens is 1. The molecular formula is C12H15FN2O3. The summed E-state index contributed by atoms with van der Waals surface area (Å²) in [5, 5.41) is 21.2. The molecule has 0 spiro atoms. The van der Waals surface area contributed by atoms with Crippen molar-refractivity contribution in [3.8, 4) is 0 Å². The Labute approximate surface area is 104 Å². The molecule has 0 radical (unpaired) electrons. The van der Waals surface area contributed by atoms with Crippen LogP contribution in [0.4, 0.5) is 10.2 Å². The Morgan fingerprint density at radius 2 is 2.33 bits per heavy atom. The summed E-state index contributed by atoms with van der Waals surface area (Å²) in [4.78, 5) is 14.7. The SMILES string of the molecule is O=C(O)c1cc(F)cnc1NCC1CCC(O)C1. The van der Waals surface area contributed by atoms with Gasteiger partial charge in [0.15, 0.2) is 0 Å². The maximum atomic E-state index is 12.9. The standard InChI is InChI=1S/C12H15FN2O3/c13-8-4-10(12(17)18)11(15-6-8)14-5-7-1-2-9(16)3-7/h4,6-7,9,16H,1-3,5H2,(H,14,15)(H,17,18). The molecule has 1 aromatic heterocycles. The molecule has 18 heavy (non-hydrogen) atoms. The zero-order valence-electron chi connectivity index (χ0n) is 9.77. The number of aromatic carboxylic acids is 1. The second-order valence-corrected chi connectivity index (χ2v) is 4.57. The third-order valence-electron chi connectivity index (χ3n) is 3.16. The lowest BCUT2D eigenvalue weighted by Gasteiger charge is -2.12. The second kappa shape index (κ2) is 5.30. The molecular weight excluding hydrogens is 239 g/mol. The van der Waals surface area contributed by atoms with E-state index in [4.69, 9.17) is 5.11 Å². The number of hydrogen-bond donors (Lipinski definition) is 3. The van der Waals surface area contributed by atoms with E-state index in [2.05, 4.69) is 10.3 Å². The van der Waals surface area contributed by atoms with Gasteiger partial charge < -0.3 is 15.5 Å². The number of hydrogen-bond acceptors (Lipinski definition) is 4. The van der Waals surface area contributed by atoms with Crippen LogP contribution in [0.25, 0.3) is 0 Å². The number of nitrogens with zero attached hydrogens (tertiary/aromatic N) is 1. The maximum absolute atomic E-state index is 12.9. The predicted octanol–water partition coefficient (Wildman–Crippen LogP) is 1.49. The first-order valence-electron chi connectivity index (χ1n) is 5.87. The highest BCUT2D eigenvalue weighted by molar-refractivity contribution is 5.93. The van der Waals surface area contributed by atoms with Crippen molar-refractivity contribution in [3.05, 3.63) is 23.6 Å². The molecule has 3 N–H and O–H groups in total. The minimum absolute atomic E-state index is 0.172. The van der Waals surface area contributed by atoms with Crippen LogP contribution in [0.1, 0.15) is 29.6 Å². The molecule has 1 aromatic rings. The van der Waals surface area contributed by atoms with Crippen molar-refractivity contribution in [3.63, 3.8) is 0 Å². The number of carbonyl (C=O) groups is 1. The van der Waals surface area contributed by atoms with E-state index in [-0.39, 0.29) is 17.5 Å². The first kappa shape index (κ1) is 12.8. The largest absolute Gasteiger partial charge is 0.478 e. The van der Waals surface area contributed by atoms with Crippen LogP contribution in [0, 0.1) is 11.7 Å². The fourth-order valence-corrected chi connectivity index (χ4v) is 2.22. The van der Waals surface area contributed by atoms with E-state index in [0.29, 0.717) is 18.9 Å². The Balaban J connectivity index is 2.02. The van der Waals surface area contributed by atoms with Crippen molar-refractivity contribution < 1.29 is 19.4 Å². The number of aliphatic hydroxyl groups is 1. The summed E-state index contributed by atoms with van der Waals surface area (Å²) in [6, 6.07) is 0.946. The Morgan fingerprint density at radius 3 is 2.94 bits per heavy atom. The van der Waals surface area contributed by atoms with Crippen LogP contribution >= 0.6 is 0 Å². The molecule has 1 fully saturated rings. The van der Waals surface area contributed by atoms with E-state index >= 15 is 0 Å². The Kier molecular flexibility index (Phi) is 3.76. The summed E-state index contributed by atoms with van der Waals surface area (Å²) in [7, 11) is 0. The van der Waals surface area contributed by atoms with Crippen LogP contribution in [0.3, 0.4) is 0 Å². The van der Waals surface area contributed by atoms with Gasteiger partial charge in [-0.05, 0) is 31.2 Å². The van der Waals surface area contributed by atoms with Crippen LogP contribution in [-0.2, 0) is 0 Å². The molecule has 0 aliphatic heterocycles. The van der Waals surface area contributed by atoms with Gasteiger partial charge >= 0.3 is 5.97 Å². The number of aliphatic hydroxyl groups excluding tert-OH is 1. The van der Waals surface area contributed by atoms with Crippen LogP contribution < -0.4 is 5.32 Å². The summed E-state index contributed by atoms with van der Waals surface area (Å²) in [6.07, 6.45) is 3.10. The van der Waals surface area contributed by atoms with Crippen molar-refractivity contribution in [2.45, 2.75) is 25.4 Å². The topological polar surface area (TPSA) is 82.5 Å². The number of rotatable bonds is 4. The van der Waals surface area contributed by atoms with Gasteiger partial charge in [-0.2, -0.15) is 0 Å². The van der Waals surface area contributed by atoms with E-state index in [9.17, 15) is 14.3 Å². The summed E-state index contributed by atoms with van der Waals surface area (Å²) >= 11 is 0. The van der Waals surface area contributed by atoms with Crippen molar-refractivity contribution in [1.29, 1.82) is 0 Å². The van der Waals surface area contributed by atoms with Gasteiger partial charge in [0, 0.05) is 6.54 Å². The van der Waals surface area contributed by atoms with Crippen molar-refractivity contribution in [2.24, 2.45) is 5.92 Å². The molecule has 1 aliphatic rings. The van der Waals surface area contributed by atoms with Gasteiger partial charge in [0.2, 0.25) is 0 Å². The van der Waals surface area contributed by atoms with Gasteiger partial charge in [-0.25, -0.2) is 14.2 Å². The Hall–Kier alpha value is -1.69. The lowest BCUT2D eigenvalue weighted by Crippen LogP contribution is -2.16. The van der Waals surface area contributed by atoms with Crippen LogP contribution in [-0.4, -0.2) is 33.8 Å². The minimum atomic E-state index is -1.21. The van der Waals surface area contributed by atoms with E-state index in [1.807, 2.05) is 0 Å². The molecule has 0 amide bonds. The average molecular weight is 254 g/mol. The molecule has 2 rings (SSSR count). The number of pyridine rings is 1. The third kappa shape index (κ3) is 2.95. The lowest BCUT2D eigenvalue weighted by molar-refractivity contribution is 0.0697. The average Bonchev–Trinajstić information content (AvgIpc) is 2.73. The number of nitrogens with one attached hydrogen (secondary N) is 1. The van der Waals surface area contributed by atoms with Crippen molar-refractivity contribution >= 4 is 11.8 Å². The van der Waals surface area contributed by atoms with Crippen molar-refractivity contribution in [1.82, 2.24) is 4.98 Å². The van der Waals surface area contributed by atoms with Crippen LogP contribution in [0.15, 0.2) is 12.3 Å². The van der Waals surface area contributed by atoms with Gasteiger partial charge in [0.25, 0.3) is 0 Å². The molecule has 1 heterocycles. The molecule has 2 atom stereocenters. The quantitative estimate of drug-likeness (QED) is 0.758. The fourth-order valence-electron chi connectivity index (χ4n) is 2.22. The molecule has 0 aromatic carbocycles. The van der Waals surface area contributed by atoms with Crippen LogP contribution in [0.5, 0.6) is 0 Å². The normalized spacial score (nSPS) is 23.0. The summed E-state index contributed by atoms with van der Waals surface area (Å²) < 4.78 is 12.9. The molecule has 98 valence electrons. The van der Waals surface area contributed by atoms with Gasteiger partial charge in [0.1, 0.15) is 17.2 Å². The molecule has 2 unspecified atom stereocenters. The highest BCUT2D eigenvalue weighted by Gasteiger charge is 2.23. The zero-order valence-corrected chi connectivity index (χ0v) is 9.77. The first-order chi connectivity index (χ1) is 8.56. The zero-order chi connectivity index (χ0) is 13.1. The molecule has 1 saturated carbocycles. The Morgan fingerprint density at radius 1 is 1.56 bits per heavy atom. The van der Waals surface area contributed by atoms with E-state index < -0.39 is 11.8 Å². The van der Waals surface area contributed by atoms with Gasteiger partial charge in [-0.1, -0.05) is 0 Å². The van der Waals surface area contributed by atoms with E-state index in [1.165, 1.54) is 0 Å². The highest BCUT2D eigenvalue weighted by Crippen LogP contribution is 2.26. The van der Waals surface area contributed by atoms with Gasteiger partial charge in [0.05, 0.1) is 12.3 Å². The van der Waals surface area contributed by atoms with Crippen LogP contribution in [0.2, 0.25) is 0 Å². The minimum Gasteiger partial charge on any atom is -0.478 e. The molecule has 6 heteroatoms. The van der Waals surface area contributed by atoms with E-state index in [1.54, 1.807) is 0 Å². The summed E-state index contributed by atoms with van der Waals surface area (Å²) in [6.45, 7) is 0.538. The smallest absolute Gasteiger partial charge is 0.339 e. The molecule has 5 nitrogen and oxygen atoms in total. The highest BCUT2D eigenvalue weighted by atomic mass is 19.1. The number of aromatic nitrogens is 1. The second-order valence-electron chi connectivity index (χ2n) is 4.57. The molecule has 0 bridgehead atoms. The lowest BCUT2D eigenvalue weighted by atomic mass is 10.1. The maximum Gasteiger partial charge on any atom is 0.339 e. The first-order valence-corrected chi connectivity index (χ1v) is 5.87. The predicted molar refractivity (Wildman–Crippen MR) is 63.0 cm³/mol. The molecule has 1 aliphatic carbocycles. The Bertz CT molecular complexity index is 453. The van der Waals surface area contributed by atoms with E-state index in [0.717, 1.165) is 25.1 Å². The molecule has 0 saturated heterocycles. The third-order valence-corrected chi connectivity index (χ3v) is 3.16. The fraction of sp³-hybridized carbons (Fsp3) is 0.500. The summed E-state index contributed by atoms with van der Waals surface area (Å²) in [5.41, 5.74) is -0.173. The number of anilines is 1. The monoisotopic (exact) mass is 254 g/mol.